The number of alkyl halides is 1. The van der Waals surface area contributed by atoms with Gasteiger partial charge in [0.25, 0.3) is 0 Å². The Morgan fingerprint density at radius 3 is 1.77 bits per heavy atom. The Kier molecular flexibility index (Phi) is 5.52. The van der Waals surface area contributed by atoms with Gasteiger partial charge in [0.05, 0.1) is 28.4 Å². The lowest BCUT2D eigenvalue weighted by atomic mass is 9.69. The van der Waals surface area contributed by atoms with E-state index in [9.17, 15) is 9.59 Å². The van der Waals surface area contributed by atoms with Crippen molar-refractivity contribution in [3.63, 3.8) is 0 Å². The SMILES string of the molecule is CCOC(=O)C12CCC(C(=O)OCC)(CC1)C2(Br)c1ccccc1-c1ccccc1. The maximum atomic E-state index is 13.4. The van der Waals surface area contributed by atoms with E-state index >= 15 is 0 Å². The lowest BCUT2D eigenvalue weighted by molar-refractivity contribution is -0.158. The fraction of sp³-hybridized carbons (Fsp3) is 0.440. The molecule has 4 rings (SSSR count). The van der Waals surface area contributed by atoms with E-state index in [4.69, 9.17) is 9.47 Å². The second kappa shape index (κ2) is 7.84. The molecule has 30 heavy (non-hydrogen) atoms. The Hall–Kier alpha value is -2.14. The molecule has 0 heterocycles. The number of hydrogen-bond donors (Lipinski definition) is 0. The van der Waals surface area contributed by atoms with Gasteiger partial charge in [-0.3, -0.25) is 9.59 Å². The minimum atomic E-state index is -0.891. The number of rotatable bonds is 6. The average molecular weight is 471 g/mol. The van der Waals surface area contributed by atoms with Crippen molar-refractivity contribution in [2.45, 2.75) is 43.9 Å². The standard InChI is InChI=1S/C25H27BrO4/c1-3-29-21(27)23-14-16-24(17-15-23,22(28)30-4-2)25(23,26)20-13-9-8-12-19(20)18-10-6-5-7-11-18/h5-13H,3-4,14-17H2,1-2H3. The monoisotopic (exact) mass is 470 g/mol. The first-order chi connectivity index (χ1) is 14.5. The summed E-state index contributed by atoms with van der Waals surface area (Å²) >= 11 is 4.05. The van der Waals surface area contributed by atoms with Crippen LogP contribution in [-0.4, -0.2) is 25.2 Å². The zero-order valence-electron chi connectivity index (χ0n) is 17.4. The third kappa shape index (κ3) is 2.71. The van der Waals surface area contributed by atoms with Crippen LogP contribution in [0.2, 0.25) is 0 Å². The summed E-state index contributed by atoms with van der Waals surface area (Å²) in [5, 5.41) is 0. The second-order valence-electron chi connectivity index (χ2n) is 8.18. The van der Waals surface area contributed by atoms with Crippen LogP contribution in [0.5, 0.6) is 0 Å². The number of halogens is 1. The highest BCUT2D eigenvalue weighted by atomic mass is 79.9. The van der Waals surface area contributed by atoms with E-state index in [-0.39, 0.29) is 11.9 Å². The summed E-state index contributed by atoms with van der Waals surface area (Å²) in [6.07, 6.45) is 2.39. The van der Waals surface area contributed by atoms with Gasteiger partial charge in [-0.1, -0.05) is 70.5 Å². The van der Waals surface area contributed by atoms with Gasteiger partial charge in [-0.2, -0.15) is 0 Å². The first kappa shape index (κ1) is 21.1. The molecule has 5 heteroatoms. The highest BCUT2D eigenvalue weighted by Gasteiger charge is 2.78. The topological polar surface area (TPSA) is 52.6 Å². The predicted molar refractivity (Wildman–Crippen MR) is 119 cm³/mol. The zero-order chi connectivity index (χ0) is 21.4. The van der Waals surface area contributed by atoms with E-state index in [0.29, 0.717) is 38.9 Å². The molecule has 2 fully saturated rings. The molecule has 2 aromatic carbocycles. The highest BCUT2D eigenvalue weighted by Crippen LogP contribution is 2.77. The molecule has 0 N–H and O–H groups in total. The Balaban J connectivity index is 1.97. The summed E-state index contributed by atoms with van der Waals surface area (Å²) in [4.78, 5) is 26.8. The minimum Gasteiger partial charge on any atom is -0.466 e. The number of hydrogen-bond acceptors (Lipinski definition) is 4. The Morgan fingerprint density at radius 2 is 1.27 bits per heavy atom. The number of benzene rings is 2. The summed E-state index contributed by atoms with van der Waals surface area (Å²) in [5.41, 5.74) is 1.41. The summed E-state index contributed by atoms with van der Waals surface area (Å²) in [7, 11) is 0. The molecule has 0 spiro atoms. The van der Waals surface area contributed by atoms with Crippen LogP contribution < -0.4 is 0 Å². The van der Waals surface area contributed by atoms with E-state index in [1.165, 1.54) is 0 Å². The lowest BCUT2D eigenvalue weighted by Gasteiger charge is -2.42. The van der Waals surface area contributed by atoms with E-state index in [1.54, 1.807) is 0 Å². The Morgan fingerprint density at radius 1 is 0.800 bits per heavy atom. The summed E-state index contributed by atoms with van der Waals surface area (Å²) in [5.74, 6) is -0.457. The Labute approximate surface area is 186 Å². The minimum absolute atomic E-state index is 0.228. The van der Waals surface area contributed by atoms with Crippen molar-refractivity contribution < 1.29 is 19.1 Å². The van der Waals surface area contributed by atoms with Crippen LogP contribution in [0.25, 0.3) is 11.1 Å². The molecule has 2 aromatic rings. The van der Waals surface area contributed by atoms with Crippen molar-refractivity contribution in [1.29, 1.82) is 0 Å². The number of esters is 2. The predicted octanol–water partition coefficient (Wildman–Crippen LogP) is 5.63. The van der Waals surface area contributed by atoms with Crippen LogP contribution in [0, 0.1) is 10.8 Å². The first-order valence-corrected chi connectivity index (χ1v) is 11.4. The van der Waals surface area contributed by atoms with Gasteiger partial charge < -0.3 is 9.47 Å². The van der Waals surface area contributed by atoms with E-state index in [0.717, 1.165) is 16.7 Å². The third-order valence-corrected chi connectivity index (χ3v) is 8.94. The van der Waals surface area contributed by atoms with Crippen LogP contribution >= 0.6 is 15.9 Å². The third-order valence-electron chi connectivity index (χ3n) is 6.99. The normalized spacial score (nSPS) is 29.6. The van der Waals surface area contributed by atoms with Crippen LogP contribution in [0.15, 0.2) is 54.6 Å². The molecule has 0 unspecified atom stereocenters. The van der Waals surface area contributed by atoms with Crippen molar-refractivity contribution in [2.24, 2.45) is 10.8 Å². The molecular formula is C25H27BrO4. The van der Waals surface area contributed by atoms with Gasteiger partial charge in [-0.15, -0.1) is 0 Å². The first-order valence-electron chi connectivity index (χ1n) is 10.6. The molecule has 0 aromatic heterocycles. The number of carbonyl (C=O) groups excluding carboxylic acids is 2. The van der Waals surface area contributed by atoms with Gasteiger partial charge >= 0.3 is 11.9 Å². The number of ether oxygens (including phenoxy) is 2. The maximum absolute atomic E-state index is 13.4. The van der Waals surface area contributed by atoms with Crippen LogP contribution in [0.4, 0.5) is 0 Å². The molecule has 0 amide bonds. The van der Waals surface area contributed by atoms with Crippen LogP contribution in [0.3, 0.4) is 0 Å². The molecule has 2 aliphatic carbocycles. The summed E-state index contributed by atoms with van der Waals surface area (Å²) < 4.78 is 10.3. The molecule has 4 nitrogen and oxygen atoms in total. The van der Waals surface area contributed by atoms with Gasteiger partial charge in [0, 0.05) is 0 Å². The van der Waals surface area contributed by atoms with E-state index < -0.39 is 15.2 Å². The quantitative estimate of drug-likeness (QED) is 0.405. The van der Waals surface area contributed by atoms with Gasteiger partial charge in [-0.05, 0) is 56.2 Å². The number of fused-ring (bicyclic) bond motifs is 2. The van der Waals surface area contributed by atoms with E-state index in [2.05, 4.69) is 34.1 Å². The van der Waals surface area contributed by atoms with Crippen LogP contribution in [0.1, 0.15) is 45.1 Å². The fourth-order valence-electron chi connectivity index (χ4n) is 5.65. The molecule has 0 saturated heterocycles. The molecule has 2 saturated carbocycles. The van der Waals surface area contributed by atoms with Crippen molar-refractivity contribution in [3.8, 4) is 11.1 Å². The molecule has 2 aliphatic rings. The van der Waals surface area contributed by atoms with Gasteiger partial charge in [0.1, 0.15) is 0 Å². The lowest BCUT2D eigenvalue weighted by Crippen LogP contribution is -2.49. The highest BCUT2D eigenvalue weighted by molar-refractivity contribution is 9.09. The molecule has 158 valence electrons. The van der Waals surface area contributed by atoms with Crippen molar-refractivity contribution in [2.75, 3.05) is 13.2 Å². The number of carbonyl (C=O) groups is 2. The zero-order valence-corrected chi connectivity index (χ0v) is 19.0. The van der Waals surface area contributed by atoms with E-state index in [1.807, 2.05) is 50.2 Å². The summed E-state index contributed by atoms with van der Waals surface area (Å²) in [6.45, 7) is 4.28. The molecule has 2 bridgehead atoms. The van der Waals surface area contributed by atoms with Gasteiger partial charge in [0.15, 0.2) is 0 Å². The fourth-order valence-corrected chi connectivity index (χ4v) is 7.11. The molecule has 0 radical (unpaired) electrons. The summed E-state index contributed by atoms with van der Waals surface area (Å²) in [6, 6.07) is 18.2. The van der Waals surface area contributed by atoms with Crippen LogP contribution in [-0.2, 0) is 23.4 Å². The van der Waals surface area contributed by atoms with Crippen molar-refractivity contribution in [1.82, 2.24) is 0 Å². The van der Waals surface area contributed by atoms with Crippen molar-refractivity contribution in [3.05, 3.63) is 60.2 Å². The maximum Gasteiger partial charge on any atom is 0.313 e. The van der Waals surface area contributed by atoms with Crippen molar-refractivity contribution >= 4 is 27.9 Å². The second-order valence-corrected chi connectivity index (χ2v) is 9.36. The Bertz CT molecular complexity index is 911. The molecule has 0 aliphatic heterocycles. The largest absolute Gasteiger partial charge is 0.466 e. The molecular weight excluding hydrogens is 444 g/mol. The molecule has 0 atom stereocenters. The smallest absolute Gasteiger partial charge is 0.313 e. The van der Waals surface area contributed by atoms with Gasteiger partial charge in [-0.25, -0.2) is 0 Å². The average Bonchev–Trinajstić information content (AvgIpc) is 3.20. The van der Waals surface area contributed by atoms with Gasteiger partial charge in [0.2, 0.25) is 0 Å².